The van der Waals surface area contributed by atoms with Crippen LogP contribution in [-0.4, -0.2) is 32.5 Å². The van der Waals surface area contributed by atoms with E-state index in [1.54, 1.807) is 18.2 Å². The van der Waals surface area contributed by atoms with Gasteiger partial charge in [-0.3, -0.25) is 4.79 Å². The first-order chi connectivity index (χ1) is 12.4. The lowest BCUT2D eigenvalue weighted by Gasteiger charge is -2.24. The molecule has 4 unspecified atom stereocenters. The fraction of sp³-hybridized carbons (Fsp3) is 0.632. The number of anilines is 1. The Morgan fingerprint density at radius 1 is 1.31 bits per heavy atom. The Morgan fingerprint density at radius 2 is 2.08 bits per heavy atom. The molecule has 2 fully saturated rings. The molecule has 1 aliphatic carbocycles. The van der Waals surface area contributed by atoms with Gasteiger partial charge in [0.2, 0.25) is 15.9 Å². The lowest BCUT2D eigenvalue weighted by atomic mass is 9.85. The van der Waals surface area contributed by atoms with Gasteiger partial charge in [-0.1, -0.05) is 25.8 Å². The molecule has 0 spiro atoms. The van der Waals surface area contributed by atoms with Gasteiger partial charge in [0.25, 0.3) is 0 Å². The SMILES string of the molecule is CCC(C)NS(=O)(=O)c1cccc(NC(=O)C2CC3CCCCC3N2)c1. The third-order valence-electron chi connectivity index (χ3n) is 5.56. The number of fused-ring (bicyclic) bond motifs is 1. The minimum atomic E-state index is -3.58. The molecule has 2 aliphatic rings. The summed E-state index contributed by atoms with van der Waals surface area (Å²) in [7, 11) is -3.58. The quantitative estimate of drug-likeness (QED) is 0.709. The van der Waals surface area contributed by atoms with Crippen LogP contribution in [-0.2, 0) is 14.8 Å². The van der Waals surface area contributed by atoms with Crippen molar-refractivity contribution in [1.29, 1.82) is 0 Å². The Kier molecular flexibility index (Phi) is 5.99. The average molecular weight is 380 g/mol. The van der Waals surface area contributed by atoms with Crippen molar-refractivity contribution in [2.45, 2.75) is 75.4 Å². The van der Waals surface area contributed by atoms with Gasteiger partial charge in [-0.15, -0.1) is 0 Å². The smallest absolute Gasteiger partial charge is 0.241 e. The van der Waals surface area contributed by atoms with Crippen LogP contribution in [0.25, 0.3) is 0 Å². The summed E-state index contributed by atoms with van der Waals surface area (Å²) in [6.07, 6.45) is 6.39. The maximum atomic E-state index is 12.6. The van der Waals surface area contributed by atoms with Gasteiger partial charge in [-0.2, -0.15) is 0 Å². The van der Waals surface area contributed by atoms with Gasteiger partial charge in [0.05, 0.1) is 10.9 Å². The van der Waals surface area contributed by atoms with E-state index in [-0.39, 0.29) is 22.9 Å². The zero-order chi connectivity index (χ0) is 18.7. The molecule has 1 saturated carbocycles. The third kappa shape index (κ3) is 4.45. The summed E-state index contributed by atoms with van der Waals surface area (Å²) < 4.78 is 27.5. The van der Waals surface area contributed by atoms with Crippen LogP contribution in [0.2, 0.25) is 0 Å². The summed E-state index contributed by atoms with van der Waals surface area (Å²) in [6, 6.07) is 6.56. The first-order valence-corrected chi connectivity index (χ1v) is 11.1. The number of sulfonamides is 1. The maximum absolute atomic E-state index is 12.6. The number of benzene rings is 1. The molecule has 4 atom stereocenters. The fourth-order valence-corrected chi connectivity index (χ4v) is 5.28. The van der Waals surface area contributed by atoms with E-state index in [4.69, 9.17) is 0 Å². The van der Waals surface area contributed by atoms with Crippen LogP contribution in [0.5, 0.6) is 0 Å². The van der Waals surface area contributed by atoms with Crippen molar-refractivity contribution in [2.24, 2.45) is 5.92 Å². The van der Waals surface area contributed by atoms with Crippen LogP contribution >= 0.6 is 0 Å². The highest BCUT2D eigenvalue weighted by Crippen LogP contribution is 2.33. The topological polar surface area (TPSA) is 87.3 Å². The predicted octanol–water partition coefficient (Wildman–Crippen LogP) is 2.62. The van der Waals surface area contributed by atoms with Gasteiger partial charge in [0.15, 0.2) is 0 Å². The van der Waals surface area contributed by atoms with Gasteiger partial charge >= 0.3 is 0 Å². The van der Waals surface area contributed by atoms with Gasteiger partial charge in [0.1, 0.15) is 0 Å². The molecule has 1 amide bonds. The average Bonchev–Trinajstić information content (AvgIpc) is 3.06. The second kappa shape index (κ2) is 8.06. The number of amides is 1. The van der Waals surface area contributed by atoms with E-state index in [9.17, 15) is 13.2 Å². The van der Waals surface area contributed by atoms with Gasteiger partial charge in [-0.25, -0.2) is 13.1 Å². The monoisotopic (exact) mass is 379 g/mol. The highest BCUT2D eigenvalue weighted by molar-refractivity contribution is 7.89. The van der Waals surface area contributed by atoms with Crippen LogP contribution in [0.4, 0.5) is 5.69 Å². The molecule has 3 N–H and O–H groups in total. The predicted molar refractivity (Wildman–Crippen MR) is 102 cm³/mol. The van der Waals surface area contributed by atoms with Crippen molar-refractivity contribution in [3.8, 4) is 0 Å². The molecular weight excluding hydrogens is 350 g/mol. The molecule has 26 heavy (non-hydrogen) atoms. The second-order valence-corrected chi connectivity index (χ2v) is 9.27. The normalized spacial score (nSPS) is 26.9. The van der Waals surface area contributed by atoms with E-state index in [1.165, 1.54) is 25.3 Å². The fourth-order valence-electron chi connectivity index (χ4n) is 3.91. The Balaban J connectivity index is 1.66. The van der Waals surface area contributed by atoms with Crippen molar-refractivity contribution >= 4 is 21.6 Å². The molecule has 0 aromatic heterocycles. The van der Waals surface area contributed by atoms with E-state index in [1.807, 2.05) is 13.8 Å². The molecule has 1 aromatic rings. The summed E-state index contributed by atoms with van der Waals surface area (Å²) in [6.45, 7) is 3.75. The molecule has 1 aromatic carbocycles. The second-order valence-electron chi connectivity index (χ2n) is 7.55. The van der Waals surface area contributed by atoms with Crippen molar-refractivity contribution in [2.75, 3.05) is 5.32 Å². The van der Waals surface area contributed by atoms with Crippen molar-refractivity contribution in [3.05, 3.63) is 24.3 Å². The molecular formula is C19H29N3O3S. The number of nitrogens with one attached hydrogen (secondary N) is 3. The Morgan fingerprint density at radius 3 is 2.81 bits per heavy atom. The lowest BCUT2D eigenvalue weighted by Crippen LogP contribution is -2.39. The zero-order valence-electron chi connectivity index (χ0n) is 15.5. The Bertz CT molecular complexity index is 736. The van der Waals surface area contributed by atoms with Crippen molar-refractivity contribution in [1.82, 2.24) is 10.0 Å². The molecule has 0 radical (unpaired) electrons. The van der Waals surface area contributed by atoms with Crippen molar-refractivity contribution in [3.63, 3.8) is 0 Å². The molecule has 144 valence electrons. The summed E-state index contributed by atoms with van der Waals surface area (Å²) >= 11 is 0. The standard InChI is InChI=1S/C19H29N3O3S/c1-3-13(2)22-26(24,25)16-9-6-8-15(12-16)20-19(23)18-11-14-7-4-5-10-17(14)21-18/h6,8-9,12-14,17-18,21-22H,3-5,7,10-11H2,1-2H3,(H,20,23). The molecule has 0 bridgehead atoms. The van der Waals surface area contributed by atoms with Crippen LogP contribution in [0.15, 0.2) is 29.2 Å². The molecule has 7 heteroatoms. The molecule has 1 saturated heterocycles. The number of hydrogen-bond acceptors (Lipinski definition) is 4. The van der Waals surface area contributed by atoms with E-state index in [2.05, 4.69) is 15.4 Å². The largest absolute Gasteiger partial charge is 0.325 e. The maximum Gasteiger partial charge on any atom is 0.241 e. The number of hydrogen-bond donors (Lipinski definition) is 3. The van der Waals surface area contributed by atoms with Gasteiger partial charge < -0.3 is 10.6 Å². The van der Waals surface area contributed by atoms with Gasteiger partial charge in [0, 0.05) is 17.8 Å². The Labute approximate surface area is 156 Å². The van der Waals surface area contributed by atoms with Crippen molar-refractivity contribution < 1.29 is 13.2 Å². The van der Waals surface area contributed by atoms with Crippen LogP contribution < -0.4 is 15.4 Å². The molecule has 6 nitrogen and oxygen atoms in total. The Hall–Kier alpha value is -1.44. The number of carbonyl (C=O) groups is 1. The zero-order valence-corrected chi connectivity index (χ0v) is 16.3. The molecule has 1 heterocycles. The minimum absolute atomic E-state index is 0.0798. The highest BCUT2D eigenvalue weighted by atomic mass is 32.2. The summed E-state index contributed by atoms with van der Waals surface area (Å²) in [4.78, 5) is 12.8. The summed E-state index contributed by atoms with van der Waals surface area (Å²) in [5, 5.41) is 6.33. The van der Waals surface area contributed by atoms with E-state index in [0.717, 1.165) is 12.8 Å². The van der Waals surface area contributed by atoms with Crippen LogP contribution in [0, 0.1) is 5.92 Å². The number of carbonyl (C=O) groups excluding carboxylic acids is 1. The lowest BCUT2D eigenvalue weighted by molar-refractivity contribution is -0.117. The minimum Gasteiger partial charge on any atom is -0.325 e. The van der Waals surface area contributed by atoms with Crippen LogP contribution in [0.1, 0.15) is 52.4 Å². The van der Waals surface area contributed by atoms with E-state index in [0.29, 0.717) is 24.1 Å². The first kappa shape index (κ1) is 19.3. The molecule has 1 aliphatic heterocycles. The highest BCUT2D eigenvalue weighted by Gasteiger charge is 2.38. The summed E-state index contributed by atoms with van der Waals surface area (Å²) in [5.74, 6) is 0.509. The third-order valence-corrected chi connectivity index (χ3v) is 7.15. The van der Waals surface area contributed by atoms with Gasteiger partial charge in [-0.05, 0) is 56.7 Å². The first-order valence-electron chi connectivity index (χ1n) is 9.58. The molecule has 3 rings (SSSR count). The van der Waals surface area contributed by atoms with E-state index >= 15 is 0 Å². The number of rotatable bonds is 6. The summed E-state index contributed by atoms with van der Waals surface area (Å²) in [5.41, 5.74) is 0.513. The van der Waals surface area contributed by atoms with Crippen LogP contribution in [0.3, 0.4) is 0 Å². The van der Waals surface area contributed by atoms with E-state index < -0.39 is 10.0 Å².